The number of benzene rings is 1. The fourth-order valence-electron chi connectivity index (χ4n) is 2.40. The second kappa shape index (κ2) is 4.63. The highest BCUT2D eigenvalue weighted by molar-refractivity contribution is 5.76. The highest BCUT2D eigenvalue weighted by Crippen LogP contribution is 2.39. The van der Waals surface area contributed by atoms with Gasteiger partial charge < -0.3 is 10.1 Å². The quantitative estimate of drug-likeness (QED) is 0.872. The van der Waals surface area contributed by atoms with Gasteiger partial charge in [0.15, 0.2) is 0 Å². The predicted molar refractivity (Wildman–Crippen MR) is 71.7 cm³/mol. The van der Waals surface area contributed by atoms with Gasteiger partial charge in [-0.25, -0.2) is 0 Å². The number of amides is 1. The Labute approximate surface area is 109 Å². The minimum Gasteiger partial charge on any atom is -0.487 e. The maximum Gasteiger partial charge on any atom is 0.220 e. The summed E-state index contributed by atoms with van der Waals surface area (Å²) < 4.78 is 5.97. The SMILES string of the molecule is CCC(=O)N[C@@H]1CC(C)(C)Oc2ccc(C)cc21. The first-order valence-corrected chi connectivity index (χ1v) is 6.50. The van der Waals surface area contributed by atoms with Crippen molar-refractivity contribution in [3.63, 3.8) is 0 Å². The lowest BCUT2D eigenvalue weighted by Crippen LogP contribution is -2.41. The molecular weight excluding hydrogens is 226 g/mol. The molecule has 1 aliphatic heterocycles. The first-order valence-electron chi connectivity index (χ1n) is 6.50. The molecule has 0 radical (unpaired) electrons. The second-order valence-electron chi connectivity index (χ2n) is 5.58. The molecule has 1 aromatic rings. The summed E-state index contributed by atoms with van der Waals surface area (Å²) >= 11 is 0. The van der Waals surface area contributed by atoms with Crippen molar-refractivity contribution >= 4 is 5.91 Å². The van der Waals surface area contributed by atoms with Gasteiger partial charge in [0.2, 0.25) is 5.91 Å². The van der Waals surface area contributed by atoms with Crippen LogP contribution >= 0.6 is 0 Å². The molecular formula is C15H21NO2. The highest BCUT2D eigenvalue weighted by Gasteiger charge is 2.34. The molecule has 1 heterocycles. The normalized spacial score (nSPS) is 20.8. The molecule has 1 N–H and O–H groups in total. The van der Waals surface area contributed by atoms with Gasteiger partial charge in [-0.15, -0.1) is 0 Å². The summed E-state index contributed by atoms with van der Waals surface area (Å²) in [5, 5.41) is 3.09. The van der Waals surface area contributed by atoms with Crippen LogP contribution in [0.15, 0.2) is 18.2 Å². The summed E-state index contributed by atoms with van der Waals surface area (Å²) in [6.07, 6.45) is 1.31. The van der Waals surface area contributed by atoms with E-state index in [2.05, 4.69) is 32.2 Å². The van der Waals surface area contributed by atoms with Crippen molar-refractivity contribution in [3.05, 3.63) is 29.3 Å². The molecule has 0 spiro atoms. The van der Waals surface area contributed by atoms with Crippen molar-refractivity contribution in [2.45, 2.75) is 52.2 Å². The van der Waals surface area contributed by atoms with Crippen LogP contribution in [0.2, 0.25) is 0 Å². The Bertz CT molecular complexity index is 466. The molecule has 0 unspecified atom stereocenters. The molecule has 0 aromatic heterocycles. The van der Waals surface area contributed by atoms with E-state index in [1.165, 1.54) is 5.56 Å². The first kappa shape index (κ1) is 12.9. The van der Waals surface area contributed by atoms with Crippen LogP contribution in [0.25, 0.3) is 0 Å². The van der Waals surface area contributed by atoms with Crippen LogP contribution in [0.1, 0.15) is 50.8 Å². The van der Waals surface area contributed by atoms with Crippen LogP contribution in [0.5, 0.6) is 5.75 Å². The van der Waals surface area contributed by atoms with Crippen LogP contribution in [0.4, 0.5) is 0 Å². The number of hydrogen-bond acceptors (Lipinski definition) is 2. The van der Waals surface area contributed by atoms with Crippen LogP contribution < -0.4 is 10.1 Å². The van der Waals surface area contributed by atoms with Gasteiger partial charge in [0, 0.05) is 18.4 Å². The summed E-state index contributed by atoms with van der Waals surface area (Å²) in [5.41, 5.74) is 2.04. The first-order chi connectivity index (χ1) is 8.41. The number of ether oxygens (including phenoxy) is 1. The van der Waals surface area contributed by atoms with Gasteiger partial charge in [-0.05, 0) is 26.8 Å². The highest BCUT2D eigenvalue weighted by atomic mass is 16.5. The minimum absolute atomic E-state index is 0.0519. The lowest BCUT2D eigenvalue weighted by Gasteiger charge is -2.38. The van der Waals surface area contributed by atoms with Crippen LogP contribution in [-0.2, 0) is 4.79 Å². The van der Waals surface area contributed by atoms with E-state index < -0.39 is 0 Å². The zero-order valence-electron chi connectivity index (χ0n) is 11.5. The van der Waals surface area contributed by atoms with Crippen molar-refractivity contribution in [3.8, 4) is 5.75 Å². The predicted octanol–water partition coefficient (Wildman–Crippen LogP) is 3.12. The molecule has 0 saturated heterocycles. The molecule has 0 aliphatic carbocycles. The molecule has 3 nitrogen and oxygen atoms in total. The largest absolute Gasteiger partial charge is 0.487 e. The number of hydrogen-bond donors (Lipinski definition) is 1. The van der Waals surface area contributed by atoms with Crippen LogP contribution in [-0.4, -0.2) is 11.5 Å². The standard InChI is InChI=1S/C15H21NO2/c1-5-14(17)16-12-9-15(3,4)18-13-7-6-10(2)8-11(12)13/h6-8,12H,5,9H2,1-4H3,(H,16,17)/t12-/m1/s1. The number of nitrogens with one attached hydrogen (secondary N) is 1. The summed E-state index contributed by atoms with van der Waals surface area (Å²) in [5.74, 6) is 0.975. The molecule has 2 rings (SSSR count). The van der Waals surface area contributed by atoms with Crippen molar-refractivity contribution in [1.82, 2.24) is 5.32 Å². The third-order valence-electron chi connectivity index (χ3n) is 3.28. The average molecular weight is 247 g/mol. The Morgan fingerprint density at radius 2 is 2.22 bits per heavy atom. The topological polar surface area (TPSA) is 38.3 Å². The Kier molecular flexibility index (Phi) is 3.33. The summed E-state index contributed by atoms with van der Waals surface area (Å²) in [6, 6.07) is 6.19. The number of aryl methyl sites for hydroxylation is 1. The van der Waals surface area contributed by atoms with Crippen LogP contribution in [0, 0.1) is 6.92 Å². The fraction of sp³-hybridized carbons (Fsp3) is 0.533. The molecule has 18 heavy (non-hydrogen) atoms. The van der Waals surface area contributed by atoms with Gasteiger partial charge in [0.1, 0.15) is 11.4 Å². The Hall–Kier alpha value is -1.51. The van der Waals surface area contributed by atoms with Gasteiger partial charge >= 0.3 is 0 Å². The lowest BCUT2D eigenvalue weighted by molar-refractivity contribution is -0.122. The van der Waals surface area contributed by atoms with Gasteiger partial charge in [0.05, 0.1) is 6.04 Å². The van der Waals surface area contributed by atoms with E-state index in [0.717, 1.165) is 17.7 Å². The zero-order valence-corrected chi connectivity index (χ0v) is 11.5. The van der Waals surface area contributed by atoms with E-state index in [-0.39, 0.29) is 17.6 Å². The molecule has 0 saturated carbocycles. The van der Waals surface area contributed by atoms with Crippen molar-refractivity contribution in [2.24, 2.45) is 0 Å². The smallest absolute Gasteiger partial charge is 0.220 e. The summed E-state index contributed by atoms with van der Waals surface area (Å²) in [4.78, 5) is 11.6. The van der Waals surface area contributed by atoms with E-state index in [1.807, 2.05) is 19.1 Å². The number of carbonyl (C=O) groups excluding carboxylic acids is 1. The van der Waals surface area contributed by atoms with E-state index >= 15 is 0 Å². The third-order valence-corrected chi connectivity index (χ3v) is 3.28. The number of fused-ring (bicyclic) bond motifs is 1. The third kappa shape index (κ3) is 2.66. The second-order valence-corrected chi connectivity index (χ2v) is 5.58. The Morgan fingerprint density at radius 3 is 2.89 bits per heavy atom. The molecule has 1 aliphatic rings. The minimum atomic E-state index is -0.242. The molecule has 0 bridgehead atoms. The molecule has 3 heteroatoms. The fourth-order valence-corrected chi connectivity index (χ4v) is 2.40. The molecule has 98 valence electrons. The monoisotopic (exact) mass is 247 g/mol. The van der Waals surface area contributed by atoms with Gasteiger partial charge in [-0.2, -0.15) is 0 Å². The van der Waals surface area contributed by atoms with Crippen molar-refractivity contribution in [1.29, 1.82) is 0 Å². The van der Waals surface area contributed by atoms with E-state index in [4.69, 9.17) is 4.74 Å². The summed E-state index contributed by atoms with van der Waals surface area (Å²) in [7, 11) is 0. The number of rotatable bonds is 2. The van der Waals surface area contributed by atoms with Crippen molar-refractivity contribution < 1.29 is 9.53 Å². The van der Waals surface area contributed by atoms with Crippen LogP contribution in [0.3, 0.4) is 0 Å². The van der Waals surface area contributed by atoms with E-state index in [1.54, 1.807) is 0 Å². The summed E-state index contributed by atoms with van der Waals surface area (Å²) in [6.45, 7) is 8.04. The maximum absolute atomic E-state index is 11.6. The Balaban J connectivity index is 2.35. The lowest BCUT2D eigenvalue weighted by atomic mass is 9.89. The van der Waals surface area contributed by atoms with E-state index in [0.29, 0.717) is 6.42 Å². The zero-order chi connectivity index (χ0) is 13.3. The maximum atomic E-state index is 11.6. The molecule has 1 atom stereocenters. The Morgan fingerprint density at radius 1 is 1.50 bits per heavy atom. The van der Waals surface area contributed by atoms with Gasteiger partial charge in [-0.3, -0.25) is 4.79 Å². The van der Waals surface area contributed by atoms with Gasteiger partial charge in [0.25, 0.3) is 0 Å². The van der Waals surface area contributed by atoms with E-state index in [9.17, 15) is 4.79 Å². The number of carbonyl (C=O) groups is 1. The van der Waals surface area contributed by atoms with Crippen molar-refractivity contribution in [2.75, 3.05) is 0 Å². The molecule has 1 aromatic carbocycles. The molecule has 0 fully saturated rings. The van der Waals surface area contributed by atoms with Gasteiger partial charge in [-0.1, -0.05) is 24.6 Å². The molecule has 1 amide bonds. The average Bonchev–Trinajstić information content (AvgIpc) is 2.29.